The summed E-state index contributed by atoms with van der Waals surface area (Å²) in [5.74, 6) is -1.17. The Bertz CT molecular complexity index is 339. The topological polar surface area (TPSA) is 66.8 Å². The predicted molar refractivity (Wildman–Crippen MR) is 70.8 cm³/mol. The van der Waals surface area contributed by atoms with Gasteiger partial charge < -0.3 is 14.7 Å². The number of carboxylic acid groups (broad SMARTS) is 1. The first-order valence-electron chi connectivity index (χ1n) is 5.96. The second-order valence-corrected chi connectivity index (χ2v) is 6.86. The number of ether oxygens (including phenoxy) is 1. The van der Waals surface area contributed by atoms with Gasteiger partial charge in [-0.15, -0.1) is 0 Å². The number of hydrogen-bond donors (Lipinski definition) is 1. The Balaban J connectivity index is 2.83. The van der Waals surface area contributed by atoms with Crippen LogP contribution in [0.2, 0.25) is 0 Å². The third kappa shape index (κ3) is 3.95. The SMILES string of the molecule is C[C@H](OC(C)(C)C)[C@H](C(=O)O)N1CC(Br)CC1=O. The number of rotatable bonds is 4. The highest BCUT2D eigenvalue weighted by molar-refractivity contribution is 9.09. The van der Waals surface area contributed by atoms with Crippen molar-refractivity contribution in [1.29, 1.82) is 0 Å². The molecule has 5 nitrogen and oxygen atoms in total. The minimum Gasteiger partial charge on any atom is -0.480 e. The van der Waals surface area contributed by atoms with E-state index in [2.05, 4.69) is 15.9 Å². The monoisotopic (exact) mass is 321 g/mol. The van der Waals surface area contributed by atoms with Crippen molar-refractivity contribution in [1.82, 2.24) is 4.90 Å². The van der Waals surface area contributed by atoms with E-state index in [1.54, 1.807) is 6.92 Å². The van der Waals surface area contributed by atoms with Crippen LogP contribution in [0.5, 0.6) is 0 Å². The third-order valence-electron chi connectivity index (χ3n) is 2.68. The lowest BCUT2D eigenvalue weighted by atomic mass is 10.1. The highest BCUT2D eigenvalue weighted by atomic mass is 79.9. The third-order valence-corrected chi connectivity index (χ3v) is 3.30. The fourth-order valence-corrected chi connectivity index (χ4v) is 2.75. The summed E-state index contributed by atoms with van der Waals surface area (Å²) in [6, 6.07) is -0.931. The largest absolute Gasteiger partial charge is 0.480 e. The zero-order valence-corrected chi connectivity index (χ0v) is 12.7. The van der Waals surface area contributed by atoms with Crippen molar-refractivity contribution in [2.24, 2.45) is 0 Å². The maximum absolute atomic E-state index is 11.8. The van der Waals surface area contributed by atoms with Crippen molar-refractivity contribution in [3.05, 3.63) is 0 Å². The van der Waals surface area contributed by atoms with E-state index in [-0.39, 0.29) is 10.7 Å². The van der Waals surface area contributed by atoms with Crippen LogP contribution in [0.4, 0.5) is 0 Å². The molecule has 0 aliphatic carbocycles. The van der Waals surface area contributed by atoms with E-state index >= 15 is 0 Å². The van der Waals surface area contributed by atoms with Crippen LogP contribution in [0.1, 0.15) is 34.1 Å². The number of halogens is 1. The first-order chi connectivity index (χ1) is 8.11. The first kappa shape index (κ1) is 15.4. The zero-order valence-electron chi connectivity index (χ0n) is 11.1. The Kier molecular flexibility index (Phi) is 4.78. The average molecular weight is 322 g/mol. The molecule has 18 heavy (non-hydrogen) atoms. The molecule has 1 N–H and O–H groups in total. The van der Waals surface area contributed by atoms with Gasteiger partial charge in [-0.1, -0.05) is 15.9 Å². The van der Waals surface area contributed by atoms with Crippen LogP contribution < -0.4 is 0 Å². The molecule has 0 saturated carbocycles. The smallest absolute Gasteiger partial charge is 0.329 e. The lowest BCUT2D eigenvalue weighted by Gasteiger charge is -2.33. The number of likely N-dealkylation sites (tertiary alicyclic amines) is 1. The molecule has 1 aliphatic rings. The Labute approximate surface area is 116 Å². The molecule has 0 aromatic carbocycles. The van der Waals surface area contributed by atoms with E-state index in [1.807, 2.05) is 20.8 Å². The molecule has 1 heterocycles. The summed E-state index contributed by atoms with van der Waals surface area (Å²) in [5, 5.41) is 9.32. The van der Waals surface area contributed by atoms with Crippen molar-refractivity contribution in [3.8, 4) is 0 Å². The Morgan fingerprint density at radius 1 is 1.56 bits per heavy atom. The summed E-state index contributed by atoms with van der Waals surface area (Å²) in [4.78, 5) is 24.6. The molecule has 1 fully saturated rings. The van der Waals surface area contributed by atoms with Crippen LogP contribution in [-0.2, 0) is 14.3 Å². The maximum atomic E-state index is 11.8. The highest BCUT2D eigenvalue weighted by Gasteiger charge is 2.41. The molecule has 0 aromatic rings. The summed E-state index contributed by atoms with van der Waals surface area (Å²) >= 11 is 3.35. The van der Waals surface area contributed by atoms with Crippen molar-refractivity contribution in [2.45, 2.75) is 56.7 Å². The van der Waals surface area contributed by atoms with Crippen molar-refractivity contribution >= 4 is 27.8 Å². The summed E-state index contributed by atoms with van der Waals surface area (Å²) < 4.78 is 5.67. The number of aliphatic carboxylic acids is 1. The molecule has 6 heteroatoms. The Hall–Kier alpha value is -0.620. The highest BCUT2D eigenvalue weighted by Crippen LogP contribution is 2.24. The van der Waals surface area contributed by atoms with Crippen LogP contribution in [0, 0.1) is 0 Å². The van der Waals surface area contributed by atoms with E-state index in [1.165, 1.54) is 4.90 Å². The molecule has 104 valence electrons. The molecule has 0 spiro atoms. The van der Waals surface area contributed by atoms with Crippen molar-refractivity contribution in [2.75, 3.05) is 6.54 Å². The quantitative estimate of drug-likeness (QED) is 0.799. The standard InChI is InChI=1S/C12H20BrNO4/c1-7(18-12(2,3)4)10(11(16)17)14-6-8(13)5-9(14)15/h7-8,10H,5-6H2,1-4H3,(H,16,17)/t7-,8?,10+/m0/s1. The van der Waals surface area contributed by atoms with Gasteiger partial charge in [-0.3, -0.25) is 4.79 Å². The number of amides is 1. The Morgan fingerprint density at radius 3 is 2.44 bits per heavy atom. The molecular weight excluding hydrogens is 302 g/mol. The number of hydrogen-bond acceptors (Lipinski definition) is 3. The van der Waals surface area contributed by atoms with Gasteiger partial charge in [0.1, 0.15) is 0 Å². The normalized spacial score (nSPS) is 24.2. The van der Waals surface area contributed by atoms with Crippen LogP contribution in [0.3, 0.4) is 0 Å². The minimum atomic E-state index is -1.03. The number of alkyl halides is 1. The minimum absolute atomic E-state index is 0.0219. The van der Waals surface area contributed by atoms with Gasteiger partial charge in [0, 0.05) is 17.8 Å². The van der Waals surface area contributed by atoms with Crippen LogP contribution in [0.15, 0.2) is 0 Å². The number of carboxylic acids is 1. The molecule has 1 saturated heterocycles. The first-order valence-corrected chi connectivity index (χ1v) is 6.87. The van der Waals surface area contributed by atoms with Crippen LogP contribution in [-0.4, -0.2) is 51.0 Å². The molecule has 0 radical (unpaired) electrons. The van der Waals surface area contributed by atoms with Gasteiger partial charge in [-0.05, 0) is 27.7 Å². The molecule has 0 aromatic heterocycles. The maximum Gasteiger partial charge on any atom is 0.329 e. The summed E-state index contributed by atoms with van der Waals surface area (Å²) in [7, 11) is 0. The summed E-state index contributed by atoms with van der Waals surface area (Å²) in [6.07, 6.45) is -0.212. The number of nitrogens with zero attached hydrogens (tertiary/aromatic N) is 1. The van der Waals surface area contributed by atoms with Gasteiger partial charge in [-0.25, -0.2) is 4.79 Å². The average Bonchev–Trinajstić information content (AvgIpc) is 2.41. The number of carbonyl (C=O) groups excluding carboxylic acids is 1. The van der Waals surface area contributed by atoms with Gasteiger partial charge in [0.2, 0.25) is 5.91 Å². The fourth-order valence-electron chi connectivity index (χ4n) is 2.16. The second kappa shape index (κ2) is 5.57. The number of carbonyl (C=O) groups is 2. The van der Waals surface area contributed by atoms with E-state index in [0.717, 1.165) is 0 Å². The molecule has 0 bridgehead atoms. The predicted octanol–water partition coefficient (Wildman–Crippen LogP) is 1.64. The van der Waals surface area contributed by atoms with Crippen molar-refractivity contribution < 1.29 is 19.4 Å². The Morgan fingerprint density at radius 2 is 2.11 bits per heavy atom. The molecular formula is C12H20BrNO4. The van der Waals surface area contributed by atoms with E-state index in [4.69, 9.17) is 4.74 Å². The zero-order chi connectivity index (χ0) is 14.1. The van der Waals surface area contributed by atoms with E-state index in [0.29, 0.717) is 13.0 Å². The molecule has 3 atom stereocenters. The summed E-state index contributed by atoms with van der Waals surface area (Å²) in [6.45, 7) is 7.69. The van der Waals surface area contributed by atoms with Gasteiger partial charge >= 0.3 is 5.97 Å². The lowest BCUT2D eigenvalue weighted by molar-refractivity contribution is -0.160. The van der Waals surface area contributed by atoms with E-state index < -0.39 is 23.7 Å². The van der Waals surface area contributed by atoms with Crippen molar-refractivity contribution in [3.63, 3.8) is 0 Å². The van der Waals surface area contributed by atoms with Crippen LogP contribution in [0.25, 0.3) is 0 Å². The second-order valence-electron chi connectivity index (χ2n) is 5.57. The van der Waals surface area contributed by atoms with Crippen LogP contribution >= 0.6 is 15.9 Å². The molecule has 1 amide bonds. The van der Waals surface area contributed by atoms with Gasteiger partial charge in [0.15, 0.2) is 6.04 Å². The van der Waals surface area contributed by atoms with Gasteiger partial charge in [-0.2, -0.15) is 0 Å². The van der Waals surface area contributed by atoms with Gasteiger partial charge in [0.25, 0.3) is 0 Å². The molecule has 1 rings (SSSR count). The fraction of sp³-hybridized carbons (Fsp3) is 0.833. The molecule has 1 aliphatic heterocycles. The summed E-state index contributed by atoms with van der Waals surface area (Å²) in [5.41, 5.74) is -0.441. The molecule has 1 unspecified atom stereocenters. The van der Waals surface area contributed by atoms with E-state index in [9.17, 15) is 14.7 Å². The van der Waals surface area contributed by atoms with Gasteiger partial charge in [0.05, 0.1) is 11.7 Å². The lowest BCUT2D eigenvalue weighted by Crippen LogP contribution is -2.51.